The van der Waals surface area contributed by atoms with E-state index in [0.29, 0.717) is 16.5 Å². The molecular formula is C15H12ClNO2. The number of hydrogen-bond donors (Lipinski definition) is 2. The van der Waals surface area contributed by atoms with Crippen LogP contribution in [0.15, 0.2) is 48.5 Å². The molecule has 0 unspecified atom stereocenters. The molecule has 3 rings (SSSR count). The number of rotatable bonds is 3. The molecule has 0 bridgehead atoms. The van der Waals surface area contributed by atoms with E-state index >= 15 is 0 Å². The smallest absolute Gasteiger partial charge is 0.146 e. The van der Waals surface area contributed by atoms with Gasteiger partial charge in [-0.05, 0) is 30.3 Å². The van der Waals surface area contributed by atoms with E-state index in [1.54, 1.807) is 6.07 Å². The Balaban J connectivity index is 2.05. The number of hydrogen-bond acceptors (Lipinski definition) is 2. The Hall–Kier alpha value is -1.97. The van der Waals surface area contributed by atoms with Gasteiger partial charge in [-0.25, -0.2) is 0 Å². The molecule has 0 aliphatic carbocycles. The number of aromatic amines is 1. The summed E-state index contributed by atoms with van der Waals surface area (Å²) in [7, 11) is 0. The second-order valence-electron chi connectivity index (χ2n) is 4.20. The van der Waals surface area contributed by atoms with Gasteiger partial charge in [0, 0.05) is 16.6 Å². The first kappa shape index (κ1) is 12.1. The van der Waals surface area contributed by atoms with Crippen molar-refractivity contribution in [2.24, 2.45) is 0 Å². The topological polar surface area (TPSA) is 45.2 Å². The Morgan fingerprint density at radius 3 is 2.63 bits per heavy atom. The first-order valence-corrected chi connectivity index (χ1v) is 6.29. The van der Waals surface area contributed by atoms with Crippen LogP contribution in [0.4, 0.5) is 0 Å². The van der Waals surface area contributed by atoms with Crippen molar-refractivity contribution in [1.82, 2.24) is 4.98 Å². The number of aliphatic hydroxyl groups excluding tert-OH is 1. The van der Waals surface area contributed by atoms with E-state index in [1.807, 2.05) is 42.5 Å². The van der Waals surface area contributed by atoms with E-state index in [4.69, 9.17) is 16.3 Å². The lowest BCUT2D eigenvalue weighted by Gasteiger charge is -2.08. The van der Waals surface area contributed by atoms with Crippen LogP contribution in [0, 0.1) is 0 Å². The summed E-state index contributed by atoms with van der Waals surface area (Å²) in [5.41, 5.74) is 1.68. The lowest BCUT2D eigenvalue weighted by molar-refractivity contribution is 0.278. The number of benzene rings is 2. The van der Waals surface area contributed by atoms with Crippen molar-refractivity contribution >= 4 is 22.5 Å². The van der Waals surface area contributed by atoms with Gasteiger partial charge in [0.15, 0.2) is 0 Å². The van der Waals surface area contributed by atoms with E-state index in [1.165, 1.54) is 0 Å². The van der Waals surface area contributed by atoms with Crippen LogP contribution in [0.2, 0.25) is 5.02 Å². The summed E-state index contributed by atoms with van der Waals surface area (Å²) in [6.45, 7) is -0.0276. The van der Waals surface area contributed by atoms with E-state index in [9.17, 15) is 5.11 Å². The van der Waals surface area contributed by atoms with Gasteiger partial charge in [0.1, 0.15) is 11.5 Å². The maximum absolute atomic E-state index is 9.17. The van der Waals surface area contributed by atoms with Crippen molar-refractivity contribution in [1.29, 1.82) is 0 Å². The number of nitrogens with one attached hydrogen (secondary N) is 1. The van der Waals surface area contributed by atoms with Gasteiger partial charge < -0.3 is 14.8 Å². The standard InChI is InChI=1S/C15H12ClNO2/c16-12-4-1-2-6-15(12)19-14-7-3-5-13-11(14)8-10(9-18)17-13/h1-8,17-18H,9H2. The van der Waals surface area contributed by atoms with Crippen LogP contribution in [-0.4, -0.2) is 10.1 Å². The number of fused-ring (bicyclic) bond motifs is 1. The molecule has 0 radical (unpaired) electrons. The van der Waals surface area contributed by atoms with Crippen LogP contribution in [-0.2, 0) is 6.61 Å². The average Bonchev–Trinajstić information content (AvgIpc) is 2.85. The van der Waals surface area contributed by atoms with Gasteiger partial charge in [0.25, 0.3) is 0 Å². The Labute approximate surface area is 115 Å². The fourth-order valence-corrected chi connectivity index (χ4v) is 2.18. The van der Waals surface area contributed by atoms with Crippen LogP contribution in [0.25, 0.3) is 10.9 Å². The van der Waals surface area contributed by atoms with E-state index < -0.39 is 0 Å². The summed E-state index contributed by atoms with van der Waals surface area (Å²) in [5.74, 6) is 1.32. The van der Waals surface area contributed by atoms with Crippen molar-refractivity contribution < 1.29 is 9.84 Å². The molecule has 96 valence electrons. The minimum Gasteiger partial charge on any atom is -0.455 e. The molecule has 4 heteroatoms. The SMILES string of the molecule is OCc1cc2c(Oc3ccccc3Cl)cccc2[nH]1. The zero-order valence-corrected chi connectivity index (χ0v) is 10.8. The highest BCUT2D eigenvalue weighted by Gasteiger charge is 2.08. The van der Waals surface area contributed by atoms with E-state index in [0.717, 1.165) is 16.6 Å². The van der Waals surface area contributed by atoms with Gasteiger partial charge in [0.2, 0.25) is 0 Å². The quantitative estimate of drug-likeness (QED) is 0.754. The first-order valence-electron chi connectivity index (χ1n) is 5.92. The summed E-state index contributed by atoms with van der Waals surface area (Å²) in [5, 5.41) is 10.7. The van der Waals surface area contributed by atoms with Crippen molar-refractivity contribution in [2.75, 3.05) is 0 Å². The zero-order chi connectivity index (χ0) is 13.2. The number of para-hydroxylation sites is 1. The van der Waals surface area contributed by atoms with Gasteiger partial charge >= 0.3 is 0 Å². The fourth-order valence-electron chi connectivity index (χ4n) is 2.01. The Morgan fingerprint density at radius 2 is 1.84 bits per heavy atom. The molecule has 2 aromatic carbocycles. The maximum atomic E-state index is 9.17. The zero-order valence-electron chi connectivity index (χ0n) is 10.1. The molecule has 0 saturated carbocycles. The Kier molecular flexibility index (Phi) is 3.15. The van der Waals surface area contributed by atoms with Crippen LogP contribution < -0.4 is 4.74 Å². The van der Waals surface area contributed by atoms with Crippen LogP contribution in [0.5, 0.6) is 11.5 Å². The summed E-state index contributed by atoms with van der Waals surface area (Å²) in [6.07, 6.45) is 0. The molecular weight excluding hydrogens is 262 g/mol. The highest BCUT2D eigenvalue weighted by Crippen LogP contribution is 2.33. The van der Waals surface area contributed by atoms with Crippen LogP contribution in [0.3, 0.4) is 0 Å². The molecule has 0 aliphatic rings. The molecule has 0 saturated heterocycles. The molecule has 3 aromatic rings. The predicted octanol–water partition coefficient (Wildman–Crippen LogP) is 4.11. The third kappa shape index (κ3) is 2.30. The molecule has 1 heterocycles. The lowest BCUT2D eigenvalue weighted by Crippen LogP contribution is -1.85. The van der Waals surface area contributed by atoms with Gasteiger partial charge in [-0.15, -0.1) is 0 Å². The molecule has 1 aromatic heterocycles. The lowest BCUT2D eigenvalue weighted by atomic mass is 10.2. The fraction of sp³-hybridized carbons (Fsp3) is 0.0667. The molecule has 0 aliphatic heterocycles. The molecule has 0 fully saturated rings. The normalized spacial score (nSPS) is 10.8. The third-order valence-electron chi connectivity index (χ3n) is 2.91. The highest BCUT2D eigenvalue weighted by atomic mass is 35.5. The van der Waals surface area contributed by atoms with Gasteiger partial charge in [0.05, 0.1) is 11.6 Å². The van der Waals surface area contributed by atoms with Crippen LogP contribution in [0.1, 0.15) is 5.69 Å². The van der Waals surface area contributed by atoms with Crippen LogP contribution >= 0.6 is 11.6 Å². The molecule has 3 nitrogen and oxygen atoms in total. The van der Waals surface area contributed by atoms with Gasteiger partial charge in [-0.3, -0.25) is 0 Å². The minimum absolute atomic E-state index is 0.0276. The number of aliphatic hydroxyl groups is 1. The highest BCUT2D eigenvalue weighted by molar-refractivity contribution is 6.32. The first-order chi connectivity index (χ1) is 9.28. The summed E-state index contributed by atoms with van der Waals surface area (Å²) in [4.78, 5) is 3.12. The number of halogens is 1. The van der Waals surface area contributed by atoms with E-state index in [2.05, 4.69) is 4.98 Å². The molecule has 0 spiro atoms. The Morgan fingerprint density at radius 1 is 1.05 bits per heavy atom. The maximum Gasteiger partial charge on any atom is 0.146 e. The molecule has 19 heavy (non-hydrogen) atoms. The molecule has 0 atom stereocenters. The average molecular weight is 274 g/mol. The predicted molar refractivity (Wildman–Crippen MR) is 75.7 cm³/mol. The largest absolute Gasteiger partial charge is 0.455 e. The summed E-state index contributed by atoms with van der Waals surface area (Å²) < 4.78 is 5.85. The number of ether oxygens (including phenoxy) is 1. The van der Waals surface area contributed by atoms with Crippen molar-refractivity contribution in [2.45, 2.75) is 6.61 Å². The molecule has 2 N–H and O–H groups in total. The van der Waals surface area contributed by atoms with Gasteiger partial charge in [-0.2, -0.15) is 0 Å². The van der Waals surface area contributed by atoms with Crippen molar-refractivity contribution in [3.8, 4) is 11.5 Å². The second-order valence-corrected chi connectivity index (χ2v) is 4.61. The second kappa shape index (κ2) is 4.96. The third-order valence-corrected chi connectivity index (χ3v) is 3.22. The van der Waals surface area contributed by atoms with Crippen molar-refractivity contribution in [3.05, 3.63) is 59.2 Å². The number of aromatic nitrogens is 1. The van der Waals surface area contributed by atoms with Crippen molar-refractivity contribution in [3.63, 3.8) is 0 Å². The molecule has 0 amide bonds. The van der Waals surface area contributed by atoms with Gasteiger partial charge in [-0.1, -0.05) is 29.8 Å². The summed E-state index contributed by atoms with van der Waals surface area (Å²) in [6, 6.07) is 14.9. The van der Waals surface area contributed by atoms with E-state index in [-0.39, 0.29) is 6.61 Å². The number of H-pyrrole nitrogens is 1. The Bertz CT molecular complexity index is 721. The summed E-state index contributed by atoms with van der Waals surface area (Å²) >= 11 is 6.08. The minimum atomic E-state index is -0.0276. The monoisotopic (exact) mass is 273 g/mol.